The molecule has 4 rings (SSSR count). The number of aliphatic hydroxyl groups is 2. The van der Waals surface area contributed by atoms with Gasteiger partial charge < -0.3 is 24.6 Å². The molecule has 1 amide bonds. The monoisotopic (exact) mass is 595 g/mol. The van der Waals surface area contributed by atoms with Crippen LogP contribution in [0.1, 0.15) is 91.0 Å². The van der Waals surface area contributed by atoms with Gasteiger partial charge in [0.2, 0.25) is 5.91 Å². The molecule has 1 aromatic carbocycles. The van der Waals surface area contributed by atoms with Gasteiger partial charge in [-0.05, 0) is 75.3 Å². The topological polar surface area (TPSA) is 96.3 Å². The van der Waals surface area contributed by atoms with Crippen LogP contribution in [-0.2, 0) is 25.5 Å². The summed E-state index contributed by atoms with van der Waals surface area (Å²) in [7, 11) is 0. The molecule has 9 unspecified atom stereocenters. The van der Waals surface area contributed by atoms with Crippen LogP contribution in [-0.4, -0.2) is 63.7 Å². The normalized spacial score (nSPS) is 37.2. The molecule has 43 heavy (non-hydrogen) atoms. The van der Waals surface area contributed by atoms with Gasteiger partial charge in [0.1, 0.15) is 12.1 Å². The van der Waals surface area contributed by atoms with Crippen molar-refractivity contribution in [3.8, 4) is 0 Å². The van der Waals surface area contributed by atoms with Crippen LogP contribution in [0.5, 0.6) is 0 Å². The van der Waals surface area contributed by atoms with E-state index in [2.05, 4.69) is 37.3 Å². The number of ether oxygens (including phenoxy) is 2. The summed E-state index contributed by atoms with van der Waals surface area (Å²) in [6.07, 6.45) is 13.2. The average Bonchev–Trinajstić information content (AvgIpc) is 3.01. The summed E-state index contributed by atoms with van der Waals surface area (Å²) in [6.45, 7) is 8.48. The Balaban J connectivity index is 1.62. The number of allylic oxidation sites excluding steroid dienone is 3. The lowest BCUT2D eigenvalue weighted by Gasteiger charge is -2.46. The van der Waals surface area contributed by atoms with Gasteiger partial charge >= 0.3 is 5.97 Å². The molecule has 238 valence electrons. The van der Waals surface area contributed by atoms with Crippen LogP contribution >= 0.6 is 0 Å². The van der Waals surface area contributed by atoms with Crippen molar-refractivity contribution in [2.24, 2.45) is 23.7 Å². The van der Waals surface area contributed by atoms with Gasteiger partial charge in [0.05, 0.1) is 18.6 Å². The number of esters is 1. The summed E-state index contributed by atoms with van der Waals surface area (Å²) in [6, 6.07) is 9.56. The zero-order valence-corrected chi connectivity index (χ0v) is 26.6. The van der Waals surface area contributed by atoms with E-state index in [1.54, 1.807) is 4.90 Å². The first kappa shape index (κ1) is 33.4. The standard InChI is InChI=1S/C36H53NO6/c1-5-29(23-28-16-10-8-11-17-28)32-19-12-7-6-9-15-25(2)34(39)27(4)31-21-20-26(3)36(41,43-31)24-33(38)37-22-14-13-18-30(37)35(40)42-32/h6,8-12,16-17,19,25-27,29-32,34,39,41H,5,7,13-15,18,20-24H2,1-4H3/b9-6+,19-12+. The number of rotatable bonds is 4. The van der Waals surface area contributed by atoms with Crippen LogP contribution in [0.25, 0.3) is 0 Å². The number of carbonyl (C=O) groups is 2. The Morgan fingerprint density at radius 2 is 1.79 bits per heavy atom. The number of benzene rings is 1. The van der Waals surface area contributed by atoms with E-state index in [0.717, 1.165) is 25.7 Å². The molecule has 2 N–H and O–H groups in total. The third-order valence-corrected chi connectivity index (χ3v) is 10.1. The van der Waals surface area contributed by atoms with E-state index in [1.807, 2.05) is 45.0 Å². The molecule has 3 heterocycles. The Labute approximate surface area is 258 Å². The Morgan fingerprint density at radius 1 is 1.02 bits per heavy atom. The zero-order valence-electron chi connectivity index (χ0n) is 26.6. The molecule has 3 aliphatic heterocycles. The first-order valence-corrected chi connectivity index (χ1v) is 16.6. The Hall–Kier alpha value is -2.48. The minimum absolute atomic E-state index is 0.00754. The predicted molar refractivity (Wildman–Crippen MR) is 168 cm³/mol. The van der Waals surface area contributed by atoms with Gasteiger partial charge in [0.25, 0.3) is 0 Å². The SMILES string of the molecule is CCC(Cc1ccccc1)C1/C=C/C/C=C/CC(C)C(O)C(C)C2CCC(C)C(O)(CC(=O)N3CCCCC3C(=O)O1)O2. The number of fused-ring (bicyclic) bond motifs is 3. The molecule has 3 aliphatic rings. The summed E-state index contributed by atoms with van der Waals surface area (Å²) in [5.74, 6) is -2.68. The van der Waals surface area contributed by atoms with Crippen LogP contribution in [0.3, 0.4) is 0 Å². The van der Waals surface area contributed by atoms with Crippen LogP contribution in [0.4, 0.5) is 0 Å². The summed E-state index contributed by atoms with van der Waals surface area (Å²) in [5, 5.41) is 22.9. The lowest BCUT2D eigenvalue weighted by atomic mass is 9.80. The lowest BCUT2D eigenvalue weighted by molar-refractivity contribution is -0.293. The summed E-state index contributed by atoms with van der Waals surface area (Å²) < 4.78 is 12.5. The number of amides is 1. The van der Waals surface area contributed by atoms with Crippen molar-refractivity contribution in [1.29, 1.82) is 0 Å². The molecule has 0 radical (unpaired) electrons. The number of hydrogen-bond donors (Lipinski definition) is 2. The van der Waals surface area contributed by atoms with Crippen molar-refractivity contribution in [1.82, 2.24) is 4.90 Å². The number of cyclic esters (lactones) is 1. The van der Waals surface area contributed by atoms with Gasteiger partial charge in [0.15, 0.2) is 5.79 Å². The highest BCUT2D eigenvalue weighted by atomic mass is 16.6. The van der Waals surface area contributed by atoms with Crippen LogP contribution in [0.15, 0.2) is 54.6 Å². The first-order valence-electron chi connectivity index (χ1n) is 16.6. The fourth-order valence-corrected chi connectivity index (χ4v) is 6.95. The number of carbonyl (C=O) groups excluding carboxylic acids is 2. The molecule has 7 heteroatoms. The zero-order chi connectivity index (χ0) is 31.0. The maximum absolute atomic E-state index is 13.8. The maximum atomic E-state index is 13.8. The van der Waals surface area contributed by atoms with E-state index in [0.29, 0.717) is 38.6 Å². The Morgan fingerprint density at radius 3 is 2.53 bits per heavy atom. The second-order valence-corrected chi connectivity index (χ2v) is 13.2. The molecule has 1 aromatic rings. The largest absolute Gasteiger partial charge is 0.456 e. The van der Waals surface area contributed by atoms with Crippen molar-refractivity contribution < 1.29 is 29.3 Å². The van der Waals surface area contributed by atoms with E-state index in [1.165, 1.54) is 5.56 Å². The fraction of sp³-hybridized carbons (Fsp3) is 0.667. The molecule has 7 nitrogen and oxygen atoms in total. The fourth-order valence-electron chi connectivity index (χ4n) is 6.95. The van der Waals surface area contributed by atoms with Gasteiger partial charge in [-0.15, -0.1) is 0 Å². The molecule has 0 saturated carbocycles. The highest BCUT2D eigenvalue weighted by molar-refractivity contribution is 5.85. The Bertz CT molecular complexity index is 1100. The van der Waals surface area contributed by atoms with Crippen LogP contribution < -0.4 is 0 Å². The molecule has 2 bridgehead atoms. The lowest BCUT2D eigenvalue weighted by Crippen LogP contribution is -2.55. The van der Waals surface area contributed by atoms with Crippen LogP contribution in [0, 0.1) is 23.7 Å². The van der Waals surface area contributed by atoms with Crippen molar-refractivity contribution >= 4 is 11.9 Å². The van der Waals surface area contributed by atoms with Crippen LogP contribution in [0.2, 0.25) is 0 Å². The molecular weight excluding hydrogens is 542 g/mol. The minimum Gasteiger partial charge on any atom is -0.456 e. The molecule has 0 spiro atoms. The average molecular weight is 596 g/mol. The van der Waals surface area contributed by atoms with Gasteiger partial charge in [-0.25, -0.2) is 4.79 Å². The summed E-state index contributed by atoms with van der Waals surface area (Å²) in [5.41, 5.74) is 1.19. The Kier molecular flexibility index (Phi) is 12.0. The van der Waals surface area contributed by atoms with E-state index >= 15 is 0 Å². The van der Waals surface area contributed by atoms with E-state index < -0.39 is 24.0 Å². The van der Waals surface area contributed by atoms with Gasteiger partial charge in [-0.1, -0.05) is 76.3 Å². The number of piperidine rings is 1. The molecular formula is C36H53NO6. The van der Waals surface area contributed by atoms with Gasteiger partial charge in [-0.3, -0.25) is 4.79 Å². The smallest absolute Gasteiger partial charge is 0.329 e. The summed E-state index contributed by atoms with van der Waals surface area (Å²) in [4.78, 5) is 29.2. The van der Waals surface area contributed by atoms with E-state index in [-0.39, 0.29) is 48.1 Å². The molecule has 2 saturated heterocycles. The van der Waals surface area contributed by atoms with Crippen molar-refractivity contribution in [2.45, 2.75) is 122 Å². The van der Waals surface area contributed by atoms with E-state index in [9.17, 15) is 19.8 Å². The summed E-state index contributed by atoms with van der Waals surface area (Å²) >= 11 is 0. The second-order valence-electron chi connectivity index (χ2n) is 13.2. The maximum Gasteiger partial charge on any atom is 0.329 e. The highest BCUT2D eigenvalue weighted by Gasteiger charge is 2.47. The van der Waals surface area contributed by atoms with Gasteiger partial charge in [0, 0.05) is 24.3 Å². The van der Waals surface area contributed by atoms with Crippen molar-refractivity contribution in [2.75, 3.05) is 6.54 Å². The quantitative estimate of drug-likeness (QED) is 0.328. The second kappa shape index (κ2) is 15.5. The van der Waals surface area contributed by atoms with E-state index in [4.69, 9.17) is 9.47 Å². The minimum atomic E-state index is -1.65. The third kappa shape index (κ3) is 8.58. The molecule has 2 fully saturated rings. The first-order chi connectivity index (χ1) is 20.6. The predicted octanol–water partition coefficient (Wildman–Crippen LogP) is 5.98. The van der Waals surface area contributed by atoms with Crippen molar-refractivity contribution in [3.05, 3.63) is 60.2 Å². The third-order valence-electron chi connectivity index (χ3n) is 10.1. The number of hydrogen-bond acceptors (Lipinski definition) is 6. The number of aliphatic hydroxyl groups excluding tert-OH is 1. The van der Waals surface area contributed by atoms with Gasteiger partial charge in [-0.2, -0.15) is 0 Å². The highest BCUT2D eigenvalue weighted by Crippen LogP contribution is 2.39. The molecule has 9 atom stereocenters. The molecule has 0 aromatic heterocycles. The molecule has 0 aliphatic carbocycles. The van der Waals surface area contributed by atoms with Crippen molar-refractivity contribution in [3.63, 3.8) is 0 Å². The number of nitrogens with zero attached hydrogens (tertiary/aromatic N) is 1.